The molecule has 2 heterocycles. The topological polar surface area (TPSA) is 58.0 Å². The highest BCUT2D eigenvalue weighted by Gasteiger charge is 2.19. The molecule has 2 rings (SSSR count). The number of anilines is 1. The molecule has 0 saturated carbocycles. The first-order valence-corrected chi connectivity index (χ1v) is 7.82. The van der Waals surface area contributed by atoms with Crippen molar-refractivity contribution >= 4 is 27.4 Å². The van der Waals surface area contributed by atoms with Gasteiger partial charge in [-0.2, -0.15) is 0 Å². The van der Waals surface area contributed by atoms with Gasteiger partial charge in [-0.25, -0.2) is 9.97 Å². The van der Waals surface area contributed by atoms with Crippen molar-refractivity contribution in [3.05, 3.63) is 16.8 Å². The maximum Gasteiger partial charge on any atom is 0.138 e. The third kappa shape index (κ3) is 3.27. The van der Waals surface area contributed by atoms with Crippen LogP contribution in [0.1, 0.15) is 37.1 Å². The molecule has 0 saturated heterocycles. The van der Waals surface area contributed by atoms with Crippen molar-refractivity contribution in [1.29, 1.82) is 0 Å². The normalized spacial score (nSPS) is 12.1. The van der Waals surface area contributed by atoms with Crippen molar-refractivity contribution in [2.24, 2.45) is 5.41 Å². The third-order valence-electron chi connectivity index (χ3n) is 3.71. The predicted octanol–water partition coefficient (Wildman–Crippen LogP) is 3.52. The molecule has 0 unspecified atom stereocenters. The lowest BCUT2D eigenvalue weighted by atomic mass is 9.88. The number of thiophene rings is 1. The Morgan fingerprint density at radius 2 is 2.05 bits per heavy atom. The van der Waals surface area contributed by atoms with Crippen LogP contribution in [0.5, 0.6) is 0 Å². The second kappa shape index (κ2) is 6.06. The van der Waals surface area contributed by atoms with E-state index in [1.807, 2.05) is 0 Å². The van der Waals surface area contributed by atoms with E-state index in [1.54, 1.807) is 17.7 Å². The van der Waals surface area contributed by atoms with Crippen molar-refractivity contribution < 1.29 is 5.11 Å². The van der Waals surface area contributed by atoms with E-state index in [2.05, 4.69) is 43.0 Å². The number of fused-ring (bicyclic) bond motifs is 1. The van der Waals surface area contributed by atoms with E-state index in [1.165, 1.54) is 10.4 Å². The summed E-state index contributed by atoms with van der Waals surface area (Å²) in [5.74, 6) is 0.925. The van der Waals surface area contributed by atoms with Gasteiger partial charge in [0.2, 0.25) is 0 Å². The second-order valence-electron chi connectivity index (χ2n) is 6.03. The Morgan fingerprint density at radius 3 is 2.75 bits per heavy atom. The van der Waals surface area contributed by atoms with Crippen LogP contribution in [0, 0.1) is 19.3 Å². The van der Waals surface area contributed by atoms with Gasteiger partial charge in [-0.3, -0.25) is 0 Å². The summed E-state index contributed by atoms with van der Waals surface area (Å²) < 4.78 is 0. The van der Waals surface area contributed by atoms with Crippen molar-refractivity contribution in [2.75, 3.05) is 18.5 Å². The quantitative estimate of drug-likeness (QED) is 0.855. The number of aliphatic hydroxyl groups is 1. The monoisotopic (exact) mass is 293 g/mol. The van der Waals surface area contributed by atoms with Crippen LogP contribution in [-0.4, -0.2) is 28.2 Å². The molecule has 0 atom stereocenters. The van der Waals surface area contributed by atoms with Gasteiger partial charge < -0.3 is 10.4 Å². The van der Waals surface area contributed by atoms with Crippen LogP contribution in [0.15, 0.2) is 6.33 Å². The van der Waals surface area contributed by atoms with Gasteiger partial charge in [0, 0.05) is 18.0 Å². The first-order chi connectivity index (χ1) is 9.44. The van der Waals surface area contributed by atoms with Crippen LogP contribution in [0.3, 0.4) is 0 Å². The minimum Gasteiger partial charge on any atom is -0.396 e. The summed E-state index contributed by atoms with van der Waals surface area (Å²) >= 11 is 1.72. The van der Waals surface area contributed by atoms with E-state index in [0.717, 1.165) is 35.4 Å². The molecule has 2 N–H and O–H groups in total. The first-order valence-electron chi connectivity index (χ1n) is 7.00. The fourth-order valence-electron chi connectivity index (χ4n) is 2.29. The zero-order chi connectivity index (χ0) is 14.8. The summed E-state index contributed by atoms with van der Waals surface area (Å²) in [4.78, 5) is 11.1. The molecule has 0 fully saturated rings. The van der Waals surface area contributed by atoms with Gasteiger partial charge in [0.1, 0.15) is 17.0 Å². The largest absolute Gasteiger partial charge is 0.396 e. The van der Waals surface area contributed by atoms with E-state index >= 15 is 0 Å². The van der Waals surface area contributed by atoms with Crippen LogP contribution in [0.4, 0.5) is 5.82 Å². The van der Waals surface area contributed by atoms with E-state index in [4.69, 9.17) is 5.11 Å². The molecule has 0 spiro atoms. The minimum absolute atomic E-state index is 0.138. The maximum atomic E-state index is 8.96. The smallest absolute Gasteiger partial charge is 0.138 e. The fourth-order valence-corrected chi connectivity index (χ4v) is 3.28. The van der Waals surface area contributed by atoms with Gasteiger partial charge in [-0.15, -0.1) is 11.3 Å². The molecule has 4 nitrogen and oxygen atoms in total. The number of hydrogen-bond donors (Lipinski definition) is 2. The molecule has 0 aliphatic rings. The van der Waals surface area contributed by atoms with Crippen LogP contribution in [0.25, 0.3) is 10.2 Å². The molecule has 0 bridgehead atoms. The average Bonchev–Trinajstić information content (AvgIpc) is 2.70. The van der Waals surface area contributed by atoms with Gasteiger partial charge in [-0.05, 0) is 37.7 Å². The Hall–Kier alpha value is -1.20. The zero-order valence-electron chi connectivity index (χ0n) is 12.7. The number of aliphatic hydroxyl groups excluding tert-OH is 1. The zero-order valence-corrected chi connectivity index (χ0v) is 13.5. The summed E-state index contributed by atoms with van der Waals surface area (Å²) in [5, 5.41) is 13.6. The first kappa shape index (κ1) is 15.2. The SMILES string of the molecule is Cc1sc2ncnc(NCC(C)(C)CCCO)c2c1C. The van der Waals surface area contributed by atoms with Crippen LogP contribution in [-0.2, 0) is 0 Å². The van der Waals surface area contributed by atoms with Crippen LogP contribution < -0.4 is 5.32 Å². The van der Waals surface area contributed by atoms with Crippen molar-refractivity contribution in [3.63, 3.8) is 0 Å². The molecule has 5 heteroatoms. The Bertz CT molecular complexity index is 592. The Kier molecular flexibility index (Phi) is 4.60. The van der Waals surface area contributed by atoms with Gasteiger partial charge >= 0.3 is 0 Å². The third-order valence-corrected chi connectivity index (χ3v) is 4.83. The van der Waals surface area contributed by atoms with Gasteiger partial charge in [0.05, 0.1) is 5.39 Å². The summed E-state index contributed by atoms with van der Waals surface area (Å²) in [6.45, 7) is 9.76. The number of aryl methyl sites for hydroxylation is 2. The van der Waals surface area contributed by atoms with Crippen molar-refractivity contribution in [2.45, 2.75) is 40.5 Å². The summed E-state index contributed by atoms with van der Waals surface area (Å²) in [6, 6.07) is 0. The van der Waals surface area contributed by atoms with Gasteiger partial charge in [0.15, 0.2) is 0 Å². The van der Waals surface area contributed by atoms with Gasteiger partial charge in [-0.1, -0.05) is 13.8 Å². The number of rotatable bonds is 6. The number of hydrogen-bond acceptors (Lipinski definition) is 5. The Balaban J connectivity index is 2.18. The highest BCUT2D eigenvalue weighted by atomic mass is 32.1. The predicted molar refractivity (Wildman–Crippen MR) is 85.5 cm³/mol. The van der Waals surface area contributed by atoms with E-state index in [-0.39, 0.29) is 12.0 Å². The number of nitrogens with one attached hydrogen (secondary N) is 1. The summed E-state index contributed by atoms with van der Waals surface area (Å²) in [6.07, 6.45) is 3.46. The molecule has 110 valence electrons. The molecular formula is C15H23N3OS. The Labute approximate surface area is 124 Å². The summed E-state index contributed by atoms with van der Waals surface area (Å²) in [5.41, 5.74) is 1.40. The number of nitrogens with zero attached hydrogens (tertiary/aromatic N) is 2. The lowest BCUT2D eigenvalue weighted by Crippen LogP contribution is -2.24. The lowest BCUT2D eigenvalue weighted by Gasteiger charge is -2.25. The molecule has 0 radical (unpaired) electrons. The standard InChI is InChI=1S/C15H23N3OS/c1-10-11(2)20-14-12(10)13(17-9-18-14)16-8-15(3,4)6-5-7-19/h9,19H,5-8H2,1-4H3,(H,16,17,18). The molecule has 2 aromatic rings. The molecular weight excluding hydrogens is 270 g/mol. The van der Waals surface area contributed by atoms with Gasteiger partial charge in [0.25, 0.3) is 0 Å². The average molecular weight is 293 g/mol. The molecule has 0 aromatic carbocycles. The van der Waals surface area contributed by atoms with Crippen molar-refractivity contribution in [1.82, 2.24) is 9.97 Å². The van der Waals surface area contributed by atoms with E-state index in [9.17, 15) is 0 Å². The fraction of sp³-hybridized carbons (Fsp3) is 0.600. The molecule has 20 heavy (non-hydrogen) atoms. The highest BCUT2D eigenvalue weighted by molar-refractivity contribution is 7.18. The molecule has 0 aliphatic heterocycles. The van der Waals surface area contributed by atoms with E-state index < -0.39 is 0 Å². The minimum atomic E-state index is 0.138. The number of aromatic nitrogens is 2. The van der Waals surface area contributed by atoms with Crippen molar-refractivity contribution in [3.8, 4) is 0 Å². The molecule has 2 aromatic heterocycles. The van der Waals surface area contributed by atoms with Crippen LogP contribution in [0.2, 0.25) is 0 Å². The second-order valence-corrected chi connectivity index (χ2v) is 7.23. The summed E-state index contributed by atoms with van der Waals surface area (Å²) in [7, 11) is 0. The Morgan fingerprint density at radius 1 is 1.30 bits per heavy atom. The van der Waals surface area contributed by atoms with Crippen LogP contribution >= 0.6 is 11.3 Å². The highest BCUT2D eigenvalue weighted by Crippen LogP contribution is 2.33. The molecule has 0 amide bonds. The lowest BCUT2D eigenvalue weighted by molar-refractivity contribution is 0.248. The maximum absolute atomic E-state index is 8.96. The van der Waals surface area contributed by atoms with E-state index in [0.29, 0.717) is 0 Å². The molecule has 0 aliphatic carbocycles.